The summed E-state index contributed by atoms with van der Waals surface area (Å²) in [4.78, 5) is 23.8. The van der Waals surface area contributed by atoms with Crippen molar-refractivity contribution in [3.63, 3.8) is 0 Å². The summed E-state index contributed by atoms with van der Waals surface area (Å²) in [5, 5.41) is 2.91. The van der Waals surface area contributed by atoms with Crippen LogP contribution >= 0.6 is 0 Å². The van der Waals surface area contributed by atoms with Gasteiger partial charge >= 0.3 is 12.2 Å². The molecule has 0 saturated carbocycles. The van der Waals surface area contributed by atoms with Crippen LogP contribution in [-0.2, 0) is 6.18 Å². The van der Waals surface area contributed by atoms with E-state index in [2.05, 4.69) is 15.3 Å². The maximum absolute atomic E-state index is 13.5. The van der Waals surface area contributed by atoms with Gasteiger partial charge in [0.1, 0.15) is 0 Å². The van der Waals surface area contributed by atoms with Gasteiger partial charge in [0.2, 0.25) is 0 Å². The summed E-state index contributed by atoms with van der Waals surface area (Å²) in [6.07, 6.45) is -0.266. The highest BCUT2D eigenvalue weighted by Gasteiger charge is 2.30. The molecular weight excluding hydrogens is 491 g/mol. The van der Waals surface area contributed by atoms with E-state index in [9.17, 15) is 18.0 Å². The molecule has 196 valence electrons. The van der Waals surface area contributed by atoms with Crippen LogP contribution in [0, 0.1) is 0 Å². The number of anilines is 3. The zero-order valence-electron chi connectivity index (χ0n) is 20.9. The third-order valence-electron chi connectivity index (χ3n) is 5.95. The first kappa shape index (κ1) is 26.7. The number of unbranched alkanes of at least 4 members (excludes halogenated alkanes) is 2. The molecule has 0 unspecified atom stereocenters. The smallest absolute Gasteiger partial charge is 0.396 e. The van der Waals surface area contributed by atoms with Crippen molar-refractivity contribution in [1.29, 1.82) is 0 Å². The second kappa shape index (κ2) is 11.8. The number of halogens is 3. The monoisotopic (exact) mass is 519 g/mol. The van der Waals surface area contributed by atoms with Gasteiger partial charge in [-0.25, -0.2) is 9.78 Å². The lowest BCUT2D eigenvalue weighted by Gasteiger charge is -2.24. The quantitative estimate of drug-likeness (QED) is 0.234. The summed E-state index contributed by atoms with van der Waals surface area (Å²) >= 11 is 0. The summed E-state index contributed by atoms with van der Waals surface area (Å²) in [5.74, 6) is 0.189. The van der Waals surface area contributed by atoms with E-state index in [0.717, 1.165) is 36.2 Å². The van der Waals surface area contributed by atoms with Crippen molar-refractivity contribution in [3.8, 4) is 22.5 Å². The molecule has 0 fully saturated rings. The minimum absolute atomic E-state index is 0.189. The Kier molecular flexibility index (Phi) is 8.25. The Morgan fingerprint density at radius 1 is 0.921 bits per heavy atom. The zero-order valence-corrected chi connectivity index (χ0v) is 20.9. The van der Waals surface area contributed by atoms with Crippen LogP contribution < -0.4 is 16.0 Å². The van der Waals surface area contributed by atoms with Crippen molar-refractivity contribution >= 4 is 23.2 Å². The number of nitrogens with zero attached hydrogens (tertiary/aromatic N) is 3. The molecule has 9 heteroatoms. The largest absolute Gasteiger partial charge is 0.416 e. The number of hydrogen-bond acceptors (Lipinski definition) is 4. The Morgan fingerprint density at radius 3 is 2.39 bits per heavy atom. The van der Waals surface area contributed by atoms with Crippen molar-refractivity contribution in [2.24, 2.45) is 0 Å². The van der Waals surface area contributed by atoms with Crippen molar-refractivity contribution in [2.75, 3.05) is 22.5 Å². The maximum atomic E-state index is 13.5. The molecule has 6 nitrogen and oxygen atoms in total. The average Bonchev–Trinajstić information content (AvgIpc) is 2.92. The lowest BCUT2D eigenvalue weighted by atomic mass is 10.1. The normalized spacial score (nSPS) is 11.3. The Bertz CT molecular complexity index is 1390. The number of aromatic nitrogens is 2. The predicted octanol–water partition coefficient (Wildman–Crippen LogP) is 7.64. The molecule has 2 aromatic heterocycles. The third-order valence-corrected chi connectivity index (χ3v) is 5.95. The molecule has 4 rings (SSSR count). The minimum Gasteiger partial charge on any atom is -0.396 e. The molecule has 0 atom stereocenters. The fourth-order valence-electron chi connectivity index (χ4n) is 4.00. The molecule has 2 aromatic carbocycles. The third kappa shape index (κ3) is 6.47. The van der Waals surface area contributed by atoms with Crippen LogP contribution in [0.5, 0.6) is 0 Å². The lowest BCUT2D eigenvalue weighted by molar-refractivity contribution is -0.137. The Labute approximate surface area is 219 Å². The molecule has 0 radical (unpaired) electrons. The Hall–Kier alpha value is -4.40. The van der Waals surface area contributed by atoms with Gasteiger partial charge in [0.05, 0.1) is 22.6 Å². The van der Waals surface area contributed by atoms with Gasteiger partial charge in [0.25, 0.3) is 0 Å². The number of carbonyl (C=O) groups excluding carboxylic acids is 1. The van der Waals surface area contributed by atoms with Crippen LogP contribution in [-0.4, -0.2) is 22.5 Å². The van der Waals surface area contributed by atoms with Crippen molar-refractivity contribution < 1.29 is 18.0 Å². The molecule has 38 heavy (non-hydrogen) atoms. The molecule has 4 aromatic rings. The van der Waals surface area contributed by atoms with Crippen LogP contribution in [0.15, 0.2) is 85.1 Å². The highest BCUT2D eigenvalue weighted by molar-refractivity contribution is 6.03. The summed E-state index contributed by atoms with van der Waals surface area (Å²) in [6, 6.07) is 20.5. The van der Waals surface area contributed by atoms with E-state index in [1.807, 2.05) is 43.3 Å². The Balaban J connectivity index is 1.65. The van der Waals surface area contributed by atoms with E-state index in [0.29, 0.717) is 18.7 Å². The number of nitrogens with one attached hydrogen (secondary N) is 1. The summed E-state index contributed by atoms with van der Waals surface area (Å²) in [5.41, 5.74) is 8.42. The van der Waals surface area contributed by atoms with E-state index in [4.69, 9.17) is 5.73 Å². The highest BCUT2D eigenvalue weighted by Crippen LogP contribution is 2.33. The zero-order chi connectivity index (χ0) is 27.1. The van der Waals surface area contributed by atoms with E-state index < -0.39 is 17.8 Å². The molecule has 0 saturated heterocycles. The molecule has 0 aliphatic carbocycles. The molecule has 2 heterocycles. The predicted molar refractivity (Wildman–Crippen MR) is 145 cm³/mol. The van der Waals surface area contributed by atoms with Gasteiger partial charge in [-0.3, -0.25) is 9.88 Å². The van der Waals surface area contributed by atoms with E-state index in [-0.39, 0.29) is 22.8 Å². The van der Waals surface area contributed by atoms with Crippen LogP contribution in [0.3, 0.4) is 0 Å². The first-order valence-corrected chi connectivity index (χ1v) is 12.3. The lowest BCUT2D eigenvalue weighted by Crippen LogP contribution is -2.37. The van der Waals surface area contributed by atoms with Crippen LogP contribution in [0.2, 0.25) is 0 Å². The van der Waals surface area contributed by atoms with Gasteiger partial charge in [0.15, 0.2) is 5.82 Å². The number of hydrogen-bond donors (Lipinski definition) is 2. The number of pyridine rings is 2. The fraction of sp³-hybridized carbons (Fsp3) is 0.207. The van der Waals surface area contributed by atoms with E-state index in [1.165, 1.54) is 11.0 Å². The SMILES string of the molecule is CCCCCN(C(=O)Nc1cccc(-c2ccccn2)c1)c1nc(-c2cccc(C(F)(F)F)c2)ccc1N. The number of nitrogen functional groups attached to an aromatic ring is 1. The van der Waals surface area contributed by atoms with Crippen LogP contribution in [0.1, 0.15) is 31.7 Å². The van der Waals surface area contributed by atoms with Gasteiger partial charge in [-0.15, -0.1) is 0 Å². The van der Waals surface area contributed by atoms with Gasteiger partial charge in [0, 0.05) is 29.6 Å². The minimum atomic E-state index is -4.48. The molecule has 0 spiro atoms. The van der Waals surface area contributed by atoms with Crippen LogP contribution in [0.25, 0.3) is 22.5 Å². The molecule has 0 aliphatic rings. The number of nitrogens with two attached hydrogens (primary N) is 1. The van der Waals surface area contributed by atoms with Gasteiger partial charge in [-0.05, 0) is 55.0 Å². The first-order chi connectivity index (χ1) is 18.3. The Morgan fingerprint density at radius 2 is 1.68 bits per heavy atom. The number of alkyl halides is 3. The standard InChI is InChI=1S/C29H28F3N5O/c1-2-3-6-17-37(28(38)35-23-12-8-10-21(19-23)25-13-4-5-16-34-25)27-24(33)14-15-26(36-27)20-9-7-11-22(18-20)29(30,31)32/h4-5,7-16,18-19H,2-3,6,17,33H2,1H3,(H,35,38). The second-order valence-electron chi connectivity index (χ2n) is 8.77. The number of rotatable bonds is 8. The number of benzene rings is 2. The number of amides is 2. The number of carbonyl (C=O) groups is 1. The average molecular weight is 520 g/mol. The molecular formula is C29H28F3N5O. The topological polar surface area (TPSA) is 84.1 Å². The molecule has 3 N–H and O–H groups in total. The maximum Gasteiger partial charge on any atom is 0.416 e. The van der Waals surface area contributed by atoms with Gasteiger partial charge in [-0.2, -0.15) is 13.2 Å². The van der Waals surface area contributed by atoms with E-state index >= 15 is 0 Å². The second-order valence-corrected chi connectivity index (χ2v) is 8.77. The first-order valence-electron chi connectivity index (χ1n) is 12.3. The van der Waals surface area contributed by atoms with E-state index in [1.54, 1.807) is 30.5 Å². The van der Waals surface area contributed by atoms with Crippen molar-refractivity contribution in [3.05, 3.63) is 90.6 Å². The molecule has 0 aliphatic heterocycles. The highest BCUT2D eigenvalue weighted by atomic mass is 19.4. The molecule has 0 bridgehead atoms. The van der Waals surface area contributed by atoms with Crippen molar-refractivity contribution in [1.82, 2.24) is 9.97 Å². The van der Waals surface area contributed by atoms with Gasteiger partial charge < -0.3 is 11.1 Å². The summed E-state index contributed by atoms with van der Waals surface area (Å²) in [6.45, 7) is 2.39. The fourth-order valence-corrected chi connectivity index (χ4v) is 4.00. The van der Waals surface area contributed by atoms with Crippen LogP contribution in [0.4, 0.5) is 35.2 Å². The van der Waals surface area contributed by atoms with Crippen molar-refractivity contribution in [2.45, 2.75) is 32.4 Å². The number of urea groups is 1. The van der Waals surface area contributed by atoms with Gasteiger partial charge in [-0.1, -0.05) is 50.1 Å². The summed E-state index contributed by atoms with van der Waals surface area (Å²) < 4.78 is 39.8. The molecule has 2 amide bonds. The summed E-state index contributed by atoms with van der Waals surface area (Å²) in [7, 11) is 0.